The van der Waals surface area contributed by atoms with E-state index in [1.54, 1.807) is 43.6 Å². The van der Waals surface area contributed by atoms with Crippen LogP contribution < -0.4 is 10.6 Å². The molecule has 2 aromatic carbocycles. The normalized spacial score (nSPS) is 15.1. The molecule has 0 bridgehead atoms. The average molecular weight is 493 g/mol. The molecule has 4 aromatic rings. The van der Waals surface area contributed by atoms with Crippen molar-refractivity contribution in [1.82, 2.24) is 14.8 Å². The van der Waals surface area contributed by atoms with Crippen LogP contribution in [0.25, 0.3) is 10.8 Å². The number of amides is 1. The molecule has 3 N–H and O–H groups in total. The summed E-state index contributed by atoms with van der Waals surface area (Å²) in [7, 11) is 0. The van der Waals surface area contributed by atoms with Crippen molar-refractivity contribution in [3.8, 4) is 0 Å². The van der Waals surface area contributed by atoms with Crippen LogP contribution in [0.2, 0.25) is 0 Å². The second-order valence-electron chi connectivity index (χ2n) is 8.20. The van der Waals surface area contributed by atoms with Crippen molar-refractivity contribution < 1.29 is 27.9 Å². The molecule has 3 heterocycles. The Bertz CT molecular complexity index is 1560. The summed E-state index contributed by atoms with van der Waals surface area (Å²) in [6.07, 6.45) is 0.290. The Kier molecular flexibility index (Phi) is 5.67. The minimum absolute atomic E-state index is 0.113. The van der Waals surface area contributed by atoms with Crippen LogP contribution in [0.3, 0.4) is 0 Å². The lowest BCUT2D eigenvalue weighted by Gasteiger charge is -2.30. The number of nitrogens with one attached hydrogen (secondary N) is 2. The highest BCUT2D eigenvalue weighted by atomic mass is 19.3. The highest BCUT2D eigenvalue weighted by Gasteiger charge is 2.35. The van der Waals surface area contributed by atoms with E-state index in [9.17, 15) is 27.9 Å². The predicted molar refractivity (Wildman–Crippen MR) is 125 cm³/mol. The van der Waals surface area contributed by atoms with Gasteiger partial charge in [0.1, 0.15) is 17.7 Å². The lowest BCUT2D eigenvalue weighted by Crippen LogP contribution is -2.31. The summed E-state index contributed by atoms with van der Waals surface area (Å²) in [4.78, 5) is 29.1. The van der Waals surface area contributed by atoms with E-state index in [0.29, 0.717) is 11.4 Å². The zero-order valence-corrected chi connectivity index (χ0v) is 18.7. The second kappa shape index (κ2) is 8.84. The summed E-state index contributed by atoms with van der Waals surface area (Å²) >= 11 is 0. The molecule has 182 valence electrons. The molecule has 0 spiro atoms. The molecule has 0 radical (unpaired) electrons. The van der Waals surface area contributed by atoms with E-state index in [1.807, 2.05) is 0 Å². The van der Waals surface area contributed by atoms with Crippen molar-refractivity contribution in [3.05, 3.63) is 94.8 Å². The predicted octanol–water partition coefficient (Wildman–Crippen LogP) is 5.13. The Morgan fingerprint density at radius 3 is 2.64 bits per heavy atom. The first kappa shape index (κ1) is 23.1. The van der Waals surface area contributed by atoms with Gasteiger partial charge in [-0.2, -0.15) is 5.10 Å². The smallest absolute Gasteiger partial charge is 0.356 e. The number of benzene rings is 2. The number of nitrogens with zero attached hydrogens (tertiary/aromatic N) is 3. The first-order chi connectivity index (χ1) is 17.2. The van der Waals surface area contributed by atoms with Gasteiger partial charge in [-0.15, -0.1) is 0 Å². The van der Waals surface area contributed by atoms with Gasteiger partial charge in [0.25, 0.3) is 12.3 Å². The number of fused-ring (bicyclic) bond motifs is 2. The Morgan fingerprint density at radius 2 is 1.92 bits per heavy atom. The summed E-state index contributed by atoms with van der Waals surface area (Å²) in [5.41, 5.74) is 0.0247. The van der Waals surface area contributed by atoms with Gasteiger partial charge in [-0.05, 0) is 42.1 Å². The van der Waals surface area contributed by atoms with Gasteiger partial charge in [0.2, 0.25) is 0 Å². The van der Waals surface area contributed by atoms with E-state index < -0.39 is 35.7 Å². The maximum absolute atomic E-state index is 14.5. The molecule has 1 unspecified atom stereocenters. The van der Waals surface area contributed by atoms with Crippen LogP contribution in [0.15, 0.2) is 72.2 Å². The number of carbonyl (C=O) groups excluding carboxylic acids is 1. The molecule has 5 rings (SSSR count). The van der Waals surface area contributed by atoms with Crippen molar-refractivity contribution in [2.24, 2.45) is 0 Å². The SMILES string of the molecule is CC1=C(C(=O)Nc2ccc3cnccc3c2)C(c2ccc(C(F)F)c(F)c2)n2nc(C(=O)O)cc2N1. The van der Waals surface area contributed by atoms with Crippen LogP contribution in [0.4, 0.5) is 24.7 Å². The van der Waals surface area contributed by atoms with E-state index >= 15 is 0 Å². The van der Waals surface area contributed by atoms with E-state index in [-0.39, 0.29) is 22.6 Å². The van der Waals surface area contributed by atoms with E-state index in [2.05, 4.69) is 20.7 Å². The number of halogens is 3. The highest BCUT2D eigenvalue weighted by molar-refractivity contribution is 6.07. The molecule has 1 aliphatic heterocycles. The molecule has 1 amide bonds. The van der Waals surface area contributed by atoms with Crippen molar-refractivity contribution >= 4 is 34.2 Å². The molecule has 0 saturated carbocycles. The summed E-state index contributed by atoms with van der Waals surface area (Å²) in [5, 5.41) is 21.0. The molecule has 0 aliphatic carbocycles. The quantitative estimate of drug-likeness (QED) is 0.356. The largest absolute Gasteiger partial charge is 0.476 e. The lowest BCUT2D eigenvalue weighted by atomic mass is 9.93. The van der Waals surface area contributed by atoms with Gasteiger partial charge in [-0.25, -0.2) is 22.6 Å². The standard InChI is InChI=1S/C25H18F3N5O3/c1-12-21(24(34)31-16-4-2-15-11-29-7-6-13(15)8-16)22(14-3-5-17(23(27)28)18(26)9-14)33-20(30-12)10-19(32-33)25(35)36/h2-11,22-23,30H,1H3,(H,31,34)(H,35,36). The van der Waals surface area contributed by atoms with Gasteiger partial charge in [-0.3, -0.25) is 9.78 Å². The number of hydrogen-bond donors (Lipinski definition) is 3. The number of carboxylic acids is 1. The molecule has 0 fully saturated rings. The van der Waals surface area contributed by atoms with E-state index in [4.69, 9.17) is 0 Å². The van der Waals surface area contributed by atoms with Gasteiger partial charge in [0, 0.05) is 35.2 Å². The summed E-state index contributed by atoms with van der Waals surface area (Å²) < 4.78 is 42.1. The minimum atomic E-state index is -3.02. The zero-order chi connectivity index (χ0) is 25.6. The minimum Gasteiger partial charge on any atom is -0.476 e. The van der Waals surface area contributed by atoms with Crippen LogP contribution >= 0.6 is 0 Å². The van der Waals surface area contributed by atoms with Crippen LogP contribution in [-0.2, 0) is 4.79 Å². The van der Waals surface area contributed by atoms with E-state index in [1.165, 1.54) is 16.8 Å². The highest BCUT2D eigenvalue weighted by Crippen LogP contribution is 2.38. The summed E-state index contributed by atoms with van der Waals surface area (Å²) in [5.74, 6) is -2.75. The van der Waals surface area contributed by atoms with Gasteiger partial charge >= 0.3 is 5.97 Å². The van der Waals surface area contributed by atoms with Crippen LogP contribution in [0, 0.1) is 5.82 Å². The molecular formula is C25H18F3N5O3. The van der Waals surface area contributed by atoms with Gasteiger partial charge in [0.05, 0.1) is 11.1 Å². The maximum atomic E-state index is 14.5. The molecular weight excluding hydrogens is 475 g/mol. The van der Waals surface area contributed by atoms with E-state index in [0.717, 1.165) is 22.9 Å². The number of carboxylic acid groups (broad SMARTS) is 1. The first-order valence-corrected chi connectivity index (χ1v) is 10.8. The topological polar surface area (TPSA) is 109 Å². The average Bonchev–Trinajstić information content (AvgIpc) is 3.26. The maximum Gasteiger partial charge on any atom is 0.356 e. The molecule has 2 aromatic heterocycles. The Morgan fingerprint density at radius 1 is 1.11 bits per heavy atom. The lowest BCUT2D eigenvalue weighted by molar-refractivity contribution is -0.113. The monoisotopic (exact) mass is 493 g/mol. The third-order valence-electron chi connectivity index (χ3n) is 5.91. The van der Waals surface area contributed by atoms with Crippen molar-refractivity contribution in [2.75, 3.05) is 10.6 Å². The number of anilines is 2. The van der Waals surface area contributed by atoms with Gasteiger partial charge in [0.15, 0.2) is 5.69 Å². The zero-order valence-electron chi connectivity index (χ0n) is 18.7. The second-order valence-corrected chi connectivity index (χ2v) is 8.20. The first-order valence-electron chi connectivity index (χ1n) is 10.8. The Hall–Kier alpha value is -4.67. The number of hydrogen-bond acceptors (Lipinski definition) is 5. The molecule has 1 aliphatic rings. The fourth-order valence-corrected chi connectivity index (χ4v) is 4.23. The number of aromatic carboxylic acids is 1. The fourth-order valence-electron chi connectivity index (χ4n) is 4.23. The third-order valence-corrected chi connectivity index (χ3v) is 5.91. The van der Waals surface area contributed by atoms with Crippen molar-refractivity contribution in [2.45, 2.75) is 19.4 Å². The Balaban J connectivity index is 1.59. The number of carbonyl (C=O) groups is 2. The fraction of sp³-hybridized carbons (Fsp3) is 0.120. The summed E-state index contributed by atoms with van der Waals surface area (Å²) in [6, 6.07) is 10.4. The molecule has 8 nitrogen and oxygen atoms in total. The van der Waals surface area contributed by atoms with Crippen LogP contribution in [-0.4, -0.2) is 31.7 Å². The Labute approximate surface area is 202 Å². The van der Waals surface area contributed by atoms with Crippen LogP contribution in [0.1, 0.15) is 41.0 Å². The molecule has 0 saturated heterocycles. The number of pyridine rings is 1. The van der Waals surface area contributed by atoms with Crippen molar-refractivity contribution in [1.29, 1.82) is 0 Å². The number of aromatic nitrogens is 3. The molecule has 11 heteroatoms. The van der Waals surface area contributed by atoms with Crippen LogP contribution in [0.5, 0.6) is 0 Å². The molecule has 36 heavy (non-hydrogen) atoms. The number of allylic oxidation sites excluding steroid dienone is 1. The third kappa shape index (κ3) is 4.04. The summed E-state index contributed by atoms with van der Waals surface area (Å²) in [6.45, 7) is 1.61. The number of rotatable bonds is 5. The van der Waals surface area contributed by atoms with Gasteiger partial charge < -0.3 is 15.7 Å². The van der Waals surface area contributed by atoms with Gasteiger partial charge in [-0.1, -0.05) is 18.2 Å². The number of alkyl halides is 2. The molecule has 1 atom stereocenters. The van der Waals surface area contributed by atoms with Crippen molar-refractivity contribution in [3.63, 3.8) is 0 Å².